The number of nitrogens with one attached hydrogen (secondary N) is 2. The van der Waals surface area contributed by atoms with E-state index in [4.69, 9.17) is 17.3 Å². The molecule has 6 nitrogen and oxygen atoms in total. The van der Waals surface area contributed by atoms with E-state index in [1.165, 1.54) is 0 Å². The SMILES string of the molecule is CC(C)[C@H](N)Cc1cc2c(NCc3ccncc3)nc(Cl)nc2[nH]1. The fraction of sp³-hybridized carbons (Fsp3) is 0.353. The standard InChI is InChI=1S/C17H21ClN6/c1-10(2)14(19)8-12-7-13-15(23-17(18)24-16(13)22-12)21-9-11-3-5-20-6-4-11/h3-7,10,14H,8-9,19H2,1-2H3,(H2,21,22,23,24)/t14-/m1/s1. The first-order chi connectivity index (χ1) is 11.5. The molecule has 3 aromatic heterocycles. The number of hydrogen-bond donors (Lipinski definition) is 3. The molecule has 0 aliphatic carbocycles. The Balaban J connectivity index is 1.85. The van der Waals surface area contributed by atoms with Crippen molar-refractivity contribution in [1.29, 1.82) is 0 Å². The second-order valence-electron chi connectivity index (χ2n) is 6.22. The smallest absolute Gasteiger partial charge is 0.226 e. The topological polar surface area (TPSA) is 92.5 Å². The molecule has 0 amide bonds. The van der Waals surface area contributed by atoms with Crippen LogP contribution in [0.1, 0.15) is 25.1 Å². The van der Waals surface area contributed by atoms with Gasteiger partial charge >= 0.3 is 0 Å². The highest BCUT2D eigenvalue weighted by Gasteiger charge is 2.14. The van der Waals surface area contributed by atoms with Crippen LogP contribution in [0.25, 0.3) is 11.0 Å². The zero-order chi connectivity index (χ0) is 17.1. The lowest BCUT2D eigenvalue weighted by atomic mass is 10.0. The summed E-state index contributed by atoms with van der Waals surface area (Å²) in [5, 5.41) is 4.45. The number of anilines is 1. The van der Waals surface area contributed by atoms with Gasteiger partial charge in [0.1, 0.15) is 11.5 Å². The molecule has 0 saturated carbocycles. The number of rotatable bonds is 6. The van der Waals surface area contributed by atoms with Crippen molar-refractivity contribution >= 4 is 28.5 Å². The van der Waals surface area contributed by atoms with E-state index in [1.807, 2.05) is 18.2 Å². The van der Waals surface area contributed by atoms with Crippen molar-refractivity contribution in [3.63, 3.8) is 0 Å². The molecule has 3 heterocycles. The van der Waals surface area contributed by atoms with Crippen LogP contribution in [-0.4, -0.2) is 26.0 Å². The average Bonchev–Trinajstić information content (AvgIpc) is 2.95. The van der Waals surface area contributed by atoms with Gasteiger partial charge in [-0.05, 0) is 41.3 Å². The van der Waals surface area contributed by atoms with Crippen molar-refractivity contribution in [3.05, 3.63) is 47.1 Å². The number of H-pyrrole nitrogens is 1. The number of aromatic amines is 1. The van der Waals surface area contributed by atoms with Crippen LogP contribution in [0.4, 0.5) is 5.82 Å². The number of pyridine rings is 1. The van der Waals surface area contributed by atoms with E-state index < -0.39 is 0 Å². The van der Waals surface area contributed by atoms with Crippen LogP contribution >= 0.6 is 11.6 Å². The lowest BCUT2D eigenvalue weighted by molar-refractivity contribution is 0.487. The summed E-state index contributed by atoms with van der Waals surface area (Å²) < 4.78 is 0. The molecule has 4 N–H and O–H groups in total. The van der Waals surface area contributed by atoms with Gasteiger partial charge in [0.05, 0.1) is 5.39 Å². The minimum absolute atomic E-state index is 0.0923. The Hall–Kier alpha value is -2.18. The van der Waals surface area contributed by atoms with Crippen molar-refractivity contribution < 1.29 is 0 Å². The van der Waals surface area contributed by atoms with Gasteiger partial charge in [0.15, 0.2) is 0 Å². The Kier molecular flexibility index (Phi) is 4.97. The van der Waals surface area contributed by atoms with E-state index in [9.17, 15) is 0 Å². The first-order valence-corrected chi connectivity index (χ1v) is 8.34. The number of aromatic nitrogens is 4. The molecule has 7 heteroatoms. The maximum atomic E-state index is 6.17. The van der Waals surface area contributed by atoms with Gasteiger partial charge in [-0.2, -0.15) is 4.98 Å². The molecule has 0 spiro atoms. The fourth-order valence-corrected chi connectivity index (χ4v) is 2.63. The molecular formula is C17H21ClN6. The third-order valence-corrected chi connectivity index (χ3v) is 4.21. The predicted octanol–water partition coefficient (Wildman–Crippen LogP) is 3.14. The zero-order valence-electron chi connectivity index (χ0n) is 13.8. The highest BCUT2D eigenvalue weighted by Crippen LogP contribution is 2.24. The molecule has 0 bridgehead atoms. The molecular weight excluding hydrogens is 324 g/mol. The van der Waals surface area contributed by atoms with Crippen LogP contribution < -0.4 is 11.1 Å². The molecule has 0 radical (unpaired) electrons. The molecule has 0 aliphatic rings. The maximum absolute atomic E-state index is 6.17. The van der Waals surface area contributed by atoms with Crippen molar-refractivity contribution in [1.82, 2.24) is 19.9 Å². The first kappa shape index (κ1) is 16.7. The lowest BCUT2D eigenvalue weighted by Gasteiger charge is -2.13. The Bertz CT molecular complexity index is 815. The van der Waals surface area contributed by atoms with E-state index in [0.717, 1.165) is 28.7 Å². The molecule has 0 fully saturated rings. The zero-order valence-corrected chi connectivity index (χ0v) is 14.5. The molecule has 24 heavy (non-hydrogen) atoms. The fourth-order valence-electron chi connectivity index (χ4n) is 2.46. The van der Waals surface area contributed by atoms with Crippen molar-refractivity contribution in [2.45, 2.75) is 32.9 Å². The first-order valence-electron chi connectivity index (χ1n) is 7.96. The molecule has 1 atom stereocenters. The molecule has 0 aromatic carbocycles. The summed E-state index contributed by atoms with van der Waals surface area (Å²) in [6, 6.07) is 6.05. The van der Waals surface area contributed by atoms with E-state index in [-0.39, 0.29) is 11.3 Å². The summed E-state index contributed by atoms with van der Waals surface area (Å²) in [6.45, 7) is 4.87. The minimum Gasteiger partial charge on any atom is -0.365 e. The van der Waals surface area contributed by atoms with E-state index >= 15 is 0 Å². The molecule has 126 valence electrons. The minimum atomic E-state index is 0.0923. The number of nitrogens with zero attached hydrogens (tertiary/aromatic N) is 3. The van der Waals surface area contributed by atoms with E-state index in [1.54, 1.807) is 12.4 Å². The Morgan fingerprint density at radius 2 is 2.00 bits per heavy atom. The van der Waals surface area contributed by atoms with Crippen molar-refractivity contribution in [2.75, 3.05) is 5.32 Å². The van der Waals surface area contributed by atoms with E-state index in [0.29, 0.717) is 18.3 Å². The molecule has 3 rings (SSSR count). The normalized spacial score (nSPS) is 12.7. The van der Waals surface area contributed by atoms with Crippen molar-refractivity contribution in [3.8, 4) is 0 Å². The largest absolute Gasteiger partial charge is 0.365 e. The highest BCUT2D eigenvalue weighted by atomic mass is 35.5. The Labute approximate surface area is 145 Å². The van der Waals surface area contributed by atoms with Crippen LogP contribution in [0.3, 0.4) is 0 Å². The second-order valence-corrected chi connectivity index (χ2v) is 6.56. The predicted molar refractivity (Wildman–Crippen MR) is 97.0 cm³/mol. The van der Waals surface area contributed by atoms with Gasteiger partial charge in [0.2, 0.25) is 5.28 Å². The van der Waals surface area contributed by atoms with Gasteiger partial charge in [0, 0.05) is 37.1 Å². The van der Waals surface area contributed by atoms with Gasteiger partial charge in [-0.3, -0.25) is 4.98 Å². The van der Waals surface area contributed by atoms with Gasteiger partial charge < -0.3 is 16.0 Å². The van der Waals surface area contributed by atoms with Crippen LogP contribution in [-0.2, 0) is 13.0 Å². The summed E-state index contributed by atoms with van der Waals surface area (Å²) in [4.78, 5) is 15.9. The average molecular weight is 345 g/mol. The number of nitrogens with two attached hydrogens (primary N) is 1. The lowest BCUT2D eigenvalue weighted by Crippen LogP contribution is -2.28. The molecule has 3 aromatic rings. The second kappa shape index (κ2) is 7.15. The van der Waals surface area contributed by atoms with E-state index in [2.05, 4.69) is 39.1 Å². The number of halogens is 1. The molecule has 0 aliphatic heterocycles. The van der Waals surface area contributed by atoms with Crippen molar-refractivity contribution in [2.24, 2.45) is 11.7 Å². The summed E-state index contributed by atoms with van der Waals surface area (Å²) >= 11 is 6.05. The van der Waals surface area contributed by atoms with Gasteiger partial charge in [-0.1, -0.05) is 13.8 Å². The van der Waals surface area contributed by atoms with Crippen LogP contribution in [0.5, 0.6) is 0 Å². The van der Waals surface area contributed by atoms with Gasteiger partial charge in [-0.15, -0.1) is 0 Å². The summed E-state index contributed by atoms with van der Waals surface area (Å²) in [6.07, 6.45) is 4.29. The van der Waals surface area contributed by atoms with Crippen LogP contribution in [0.15, 0.2) is 30.6 Å². The van der Waals surface area contributed by atoms with Gasteiger partial charge in [-0.25, -0.2) is 4.98 Å². The third-order valence-electron chi connectivity index (χ3n) is 4.04. The Morgan fingerprint density at radius 3 is 2.71 bits per heavy atom. The van der Waals surface area contributed by atoms with Gasteiger partial charge in [0.25, 0.3) is 0 Å². The summed E-state index contributed by atoms with van der Waals surface area (Å²) in [5.74, 6) is 1.12. The summed E-state index contributed by atoms with van der Waals surface area (Å²) in [7, 11) is 0. The highest BCUT2D eigenvalue weighted by molar-refractivity contribution is 6.28. The maximum Gasteiger partial charge on any atom is 0.226 e. The Morgan fingerprint density at radius 1 is 1.25 bits per heavy atom. The molecule has 0 unspecified atom stereocenters. The third kappa shape index (κ3) is 3.83. The van der Waals surface area contributed by atoms with Crippen LogP contribution in [0.2, 0.25) is 5.28 Å². The van der Waals surface area contributed by atoms with Crippen LogP contribution in [0, 0.1) is 5.92 Å². The molecule has 0 saturated heterocycles. The quantitative estimate of drug-likeness (QED) is 0.597. The number of fused-ring (bicyclic) bond motifs is 1. The summed E-state index contributed by atoms with van der Waals surface area (Å²) in [5.41, 5.74) is 9.04. The number of hydrogen-bond acceptors (Lipinski definition) is 5. The monoisotopic (exact) mass is 344 g/mol.